The van der Waals surface area contributed by atoms with Crippen molar-refractivity contribution in [2.75, 3.05) is 6.54 Å². The van der Waals surface area contributed by atoms with E-state index in [4.69, 9.17) is 4.74 Å². The van der Waals surface area contributed by atoms with Crippen molar-refractivity contribution in [2.24, 2.45) is 0 Å². The minimum atomic E-state index is 0.349. The van der Waals surface area contributed by atoms with Gasteiger partial charge in [0.15, 0.2) is 0 Å². The smallest absolute Gasteiger partial charge is 0.119 e. The van der Waals surface area contributed by atoms with Crippen LogP contribution in [0, 0.1) is 0 Å². The molecular formula is C15H23NO. The minimum Gasteiger partial charge on any atom is -0.489 e. The van der Waals surface area contributed by atoms with E-state index in [1.807, 2.05) is 0 Å². The van der Waals surface area contributed by atoms with Gasteiger partial charge in [-0.15, -0.1) is 0 Å². The van der Waals surface area contributed by atoms with Crippen LogP contribution in [0.15, 0.2) is 24.3 Å². The largest absolute Gasteiger partial charge is 0.489 e. The molecule has 1 aromatic rings. The molecule has 0 amide bonds. The van der Waals surface area contributed by atoms with E-state index in [0.717, 1.165) is 18.7 Å². The van der Waals surface area contributed by atoms with Crippen molar-refractivity contribution in [1.29, 1.82) is 0 Å². The number of hydrogen-bond donors (Lipinski definition) is 1. The number of benzene rings is 1. The molecule has 0 radical (unpaired) electrons. The van der Waals surface area contributed by atoms with E-state index in [2.05, 4.69) is 43.4 Å². The van der Waals surface area contributed by atoms with Crippen molar-refractivity contribution < 1.29 is 4.74 Å². The summed E-state index contributed by atoms with van der Waals surface area (Å²) < 4.78 is 6.08. The lowest BCUT2D eigenvalue weighted by Crippen LogP contribution is -2.38. The Kier molecular flexibility index (Phi) is 4.43. The zero-order chi connectivity index (χ0) is 12.1. The van der Waals surface area contributed by atoms with Crippen molar-refractivity contribution in [3.8, 4) is 5.75 Å². The van der Waals surface area contributed by atoms with Crippen LogP contribution in [0.5, 0.6) is 5.75 Å². The highest BCUT2D eigenvalue weighted by Gasteiger charge is 2.27. The summed E-state index contributed by atoms with van der Waals surface area (Å²) in [6, 6.07) is 9.05. The predicted octanol–water partition coefficient (Wildman–Crippen LogP) is 3.16. The Morgan fingerprint density at radius 3 is 2.59 bits per heavy atom. The monoisotopic (exact) mass is 233 g/mol. The van der Waals surface area contributed by atoms with Crippen molar-refractivity contribution in [1.82, 2.24) is 5.32 Å². The lowest BCUT2D eigenvalue weighted by atomic mass is 10.1. The number of ether oxygens (including phenoxy) is 1. The maximum Gasteiger partial charge on any atom is 0.119 e. The Hall–Kier alpha value is -1.02. The first kappa shape index (κ1) is 12.4. The first-order valence-corrected chi connectivity index (χ1v) is 6.82. The highest BCUT2D eigenvalue weighted by atomic mass is 16.5. The Morgan fingerprint density at radius 1 is 1.18 bits per heavy atom. The summed E-state index contributed by atoms with van der Waals surface area (Å²) in [5, 5.41) is 3.51. The van der Waals surface area contributed by atoms with Gasteiger partial charge in [-0.25, -0.2) is 0 Å². The zero-order valence-corrected chi connectivity index (χ0v) is 10.9. The second-order valence-corrected chi connectivity index (χ2v) is 4.75. The summed E-state index contributed by atoms with van der Waals surface area (Å²) >= 11 is 0. The summed E-state index contributed by atoms with van der Waals surface area (Å²) in [6.45, 7) is 5.36. The molecule has 2 heteroatoms. The van der Waals surface area contributed by atoms with Gasteiger partial charge >= 0.3 is 0 Å². The van der Waals surface area contributed by atoms with Gasteiger partial charge in [0.2, 0.25) is 0 Å². The van der Waals surface area contributed by atoms with Gasteiger partial charge in [0, 0.05) is 6.04 Å². The number of rotatable bonds is 5. The van der Waals surface area contributed by atoms with Crippen LogP contribution in [0.25, 0.3) is 0 Å². The molecule has 1 aliphatic rings. The molecule has 0 bridgehead atoms. The van der Waals surface area contributed by atoms with E-state index >= 15 is 0 Å². The molecule has 0 aromatic heterocycles. The number of likely N-dealkylation sites (N-methyl/N-ethyl adjacent to an activating group) is 1. The lowest BCUT2D eigenvalue weighted by molar-refractivity contribution is 0.176. The quantitative estimate of drug-likeness (QED) is 0.843. The Morgan fingerprint density at radius 2 is 1.94 bits per heavy atom. The van der Waals surface area contributed by atoms with Crippen molar-refractivity contribution >= 4 is 0 Å². The highest BCUT2D eigenvalue weighted by Crippen LogP contribution is 2.25. The Balaban J connectivity index is 1.94. The third-order valence-electron chi connectivity index (χ3n) is 3.54. The maximum absolute atomic E-state index is 6.08. The third kappa shape index (κ3) is 3.22. The van der Waals surface area contributed by atoms with Crippen molar-refractivity contribution in [3.63, 3.8) is 0 Å². The van der Waals surface area contributed by atoms with Gasteiger partial charge in [-0.2, -0.15) is 0 Å². The van der Waals surface area contributed by atoms with E-state index < -0.39 is 0 Å². The molecule has 1 saturated carbocycles. The number of nitrogens with one attached hydrogen (secondary N) is 1. The van der Waals surface area contributed by atoms with Crippen LogP contribution in [-0.4, -0.2) is 18.7 Å². The molecule has 0 spiro atoms. The van der Waals surface area contributed by atoms with Gasteiger partial charge in [0.05, 0.1) is 0 Å². The van der Waals surface area contributed by atoms with Crippen molar-refractivity contribution in [3.05, 3.63) is 29.8 Å². The van der Waals surface area contributed by atoms with Crippen LogP contribution >= 0.6 is 0 Å². The molecular weight excluding hydrogens is 210 g/mol. The molecule has 0 heterocycles. The molecule has 1 fully saturated rings. The molecule has 1 aromatic carbocycles. The second kappa shape index (κ2) is 6.06. The van der Waals surface area contributed by atoms with Gasteiger partial charge < -0.3 is 10.1 Å². The van der Waals surface area contributed by atoms with E-state index in [0.29, 0.717) is 12.1 Å². The van der Waals surface area contributed by atoms with Crippen LogP contribution in [0.3, 0.4) is 0 Å². The summed E-state index contributed by atoms with van der Waals surface area (Å²) in [7, 11) is 0. The molecule has 0 saturated heterocycles. The van der Waals surface area contributed by atoms with Crippen LogP contribution in [0.2, 0.25) is 0 Å². The fourth-order valence-electron chi connectivity index (χ4n) is 2.54. The van der Waals surface area contributed by atoms with E-state index in [-0.39, 0.29) is 0 Å². The van der Waals surface area contributed by atoms with Gasteiger partial charge in [-0.1, -0.05) is 26.0 Å². The SMILES string of the molecule is CCNC1CCCC1Oc1ccc(CC)cc1. The summed E-state index contributed by atoms with van der Waals surface area (Å²) in [5.41, 5.74) is 1.37. The van der Waals surface area contributed by atoms with E-state index in [9.17, 15) is 0 Å². The topological polar surface area (TPSA) is 21.3 Å². The van der Waals surface area contributed by atoms with Crippen LogP contribution in [0.4, 0.5) is 0 Å². The second-order valence-electron chi connectivity index (χ2n) is 4.75. The fraction of sp³-hybridized carbons (Fsp3) is 0.600. The fourth-order valence-corrected chi connectivity index (χ4v) is 2.54. The zero-order valence-electron chi connectivity index (χ0n) is 10.9. The summed E-state index contributed by atoms with van der Waals surface area (Å²) in [5.74, 6) is 1.01. The van der Waals surface area contributed by atoms with Gasteiger partial charge in [0.1, 0.15) is 11.9 Å². The molecule has 1 aliphatic carbocycles. The van der Waals surface area contributed by atoms with E-state index in [1.165, 1.54) is 24.8 Å². The maximum atomic E-state index is 6.08. The number of aryl methyl sites for hydroxylation is 1. The Bertz CT molecular complexity index is 333. The normalized spacial score (nSPS) is 23.9. The van der Waals surface area contributed by atoms with Gasteiger partial charge in [-0.3, -0.25) is 0 Å². The first-order valence-electron chi connectivity index (χ1n) is 6.82. The average Bonchev–Trinajstić information content (AvgIpc) is 2.78. The van der Waals surface area contributed by atoms with Gasteiger partial charge in [-0.05, 0) is 49.9 Å². The molecule has 1 N–H and O–H groups in total. The summed E-state index contributed by atoms with van der Waals surface area (Å²) in [4.78, 5) is 0. The minimum absolute atomic E-state index is 0.349. The van der Waals surface area contributed by atoms with Crippen LogP contribution in [0.1, 0.15) is 38.7 Å². The van der Waals surface area contributed by atoms with Gasteiger partial charge in [0.25, 0.3) is 0 Å². The first-order chi connectivity index (χ1) is 8.33. The standard InChI is InChI=1S/C15H23NO/c1-3-12-8-10-13(11-9-12)17-15-7-5-6-14(15)16-4-2/h8-11,14-16H,3-7H2,1-2H3. The van der Waals surface area contributed by atoms with Crippen LogP contribution < -0.4 is 10.1 Å². The predicted molar refractivity (Wildman–Crippen MR) is 71.6 cm³/mol. The molecule has 2 unspecified atom stereocenters. The molecule has 2 atom stereocenters. The summed E-state index contributed by atoms with van der Waals surface area (Å²) in [6.07, 6.45) is 5.13. The molecule has 17 heavy (non-hydrogen) atoms. The Labute approximate surface area is 104 Å². The third-order valence-corrected chi connectivity index (χ3v) is 3.54. The van der Waals surface area contributed by atoms with Crippen molar-refractivity contribution in [2.45, 2.75) is 51.7 Å². The highest BCUT2D eigenvalue weighted by molar-refractivity contribution is 5.27. The molecule has 2 nitrogen and oxygen atoms in total. The lowest BCUT2D eigenvalue weighted by Gasteiger charge is -2.22. The molecule has 0 aliphatic heterocycles. The molecule has 94 valence electrons. The number of hydrogen-bond acceptors (Lipinski definition) is 2. The average molecular weight is 233 g/mol. The van der Waals surface area contributed by atoms with Crippen LogP contribution in [-0.2, 0) is 6.42 Å². The molecule has 2 rings (SSSR count). The van der Waals surface area contributed by atoms with E-state index in [1.54, 1.807) is 0 Å².